The molecule has 0 radical (unpaired) electrons. The molecule has 2 aromatic rings. The van der Waals surface area contributed by atoms with Gasteiger partial charge in [-0.1, -0.05) is 17.3 Å². The number of para-hydroxylation sites is 1. The number of nitro groups is 1. The van der Waals surface area contributed by atoms with Crippen LogP contribution in [0.4, 0.5) is 11.4 Å². The van der Waals surface area contributed by atoms with Gasteiger partial charge in [0.2, 0.25) is 12.0 Å². The highest BCUT2D eigenvalue weighted by Gasteiger charge is 2.56. The normalized spacial score (nSPS) is 20.2. The summed E-state index contributed by atoms with van der Waals surface area (Å²) in [7, 11) is 1.20. The summed E-state index contributed by atoms with van der Waals surface area (Å²) in [5.74, 6) is -2.97. The number of ether oxygens (including phenoxy) is 1. The van der Waals surface area contributed by atoms with E-state index < -0.39 is 34.7 Å². The van der Waals surface area contributed by atoms with Crippen LogP contribution >= 0.6 is 0 Å². The molecule has 2 heterocycles. The fourth-order valence-corrected chi connectivity index (χ4v) is 3.36. The van der Waals surface area contributed by atoms with Crippen LogP contribution in [0.5, 0.6) is 0 Å². The summed E-state index contributed by atoms with van der Waals surface area (Å²) in [4.78, 5) is 54.4. The Morgan fingerprint density at radius 2 is 1.83 bits per heavy atom. The number of anilines is 1. The van der Waals surface area contributed by atoms with Crippen molar-refractivity contribution >= 4 is 34.9 Å². The summed E-state index contributed by atoms with van der Waals surface area (Å²) in [6, 6.07) is 11.5. The highest BCUT2D eigenvalue weighted by Crippen LogP contribution is 2.36. The first-order valence-electron chi connectivity index (χ1n) is 8.47. The van der Waals surface area contributed by atoms with Gasteiger partial charge in [-0.15, -0.1) is 0 Å². The number of hydrogen-bond acceptors (Lipinski definition) is 8. The van der Waals surface area contributed by atoms with Gasteiger partial charge in [0.1, 0.15) is 11.6 Å². The third-order valence-electron chi connectivity index (χ3n) is 4.74. The smallest absolute Gasteiger partial charge is 0.339 e. The van der Waals surface area contributed by atoms with E-state index in [1.807, 2.05) is 0 Å². The molecule has 4 rings (SSSR count). The van der Waals surface area contributed by atoms with Crippen molar-refractivity contribution in [3.63, 3.8) is 0 Å². The third kappa shape index (κ3) is 2.81. The lowest BCUT2D eigenvalue weighted by Gasteiger charge is -2.18. The van der Waals surface area contributed by atoms with Crippen molar-refractivity contribution in [2.24, 2.45) is 11.1 Å². The molecular weight excluding hydrogens is 382 g/mol. The molecule has 0 spiro atoms. The lowest BCUT2D eigenvalue weighted by Crippen LogP contribution is -2.34. The van der Waals surface area contributed by atoms with Crippen LogP contribution in [0, 0.1) is 16.0 Å². The second-order valence-corrected chi connectivity index (χ2v) is 6.30. The van der Waals surface area contributed by atoms with E-state index in [4.69, 9.17) is 9.57 Å². The number of esters is 1. The van der Waals surface area contributed by atoms with Crippen LogP contribution in [-0.2, 0) is 19.2 Å². The fraction of sp³-hybridized carbons (Fsp3) is 0.158. The van der Waals surface area contributed by atoms with Crippen LogP contribution in [0.3, 0.4) is 0 Å². The molecule has 2 aliphatic heterocycles. The summed E-state index contributed by atoms with van der Waals surface area (Å²) in [5.41, 5.74) is 0.654. The van der Waals surface area contributed by atoms with Crippen LogP contribution in [0.2, 0.25) is 0 Å². The zero-order valence-corrected chi connectivity index (χ0v) is 15.0. The Hall–Kier alpha value is -4.08. The number of carbonyl (C=O) groups excluding carboxylic acids is 3. The standard InChI is InChI=1S/C19H13N3O7/c1-28-19(25)12-4-2-3-5-13(12)21-17(23)14-15(20-29-16(14)18(21)24)10-6-8-11(9-7-10)22(26)27/h2-9,14,16H,1H3. The van der Waals surface area contributed by atoms with E-state index in [0.29, 0.717) is 5.56 Å². The van der Waals surface area contributed by atoms with Gasteiger partial charge >= 0.3 is 5.97 Å². The number of methoxy groups -OCH3 is 1. The molecule has 0 N–H and O–H groups in total. The first-order chi connectivity index (χ1) is 13.9. The first kappa shape index (κ1) is 18.3. The molecule has 10 nitrogen and oxygen atoms in total. The number of nitrogens with zero attached hydrogens (tertiary/aromatic N) is 3. The molecule has 10 heteroatoms. The summed E-state index contributed by atoms with van der Waals surface area (Å²) in [6.07, 6.45) is -1.17. The molecule has 0 aromatic heterocycles. The Bertz CT molecular complexity index is 1080. The van der Waals surface area contributed by atoms with E-state index in [-0.39, 0.29) is 22.6 Å². The predicted molar refractivity (Wildman–Crippen MR) is 98.3 cm³/mol. The topological polar surface area (TPSA) is 128 Å². The zero-order valence-electron chi connectivity index (χ0n) is 15.0. The summed E-state index contributed by atoms with van der Waals surface area (Å²) < 4.78 is 4.72. The third-order valence-corrected chi connectivity index (χ3v) is 4.74. The maximum absolute atomic E-state index is 13.1. The van der Waals surface area contributed by atoms with Crippen LogP contribution < -0.4 is 4.90 Å². The van der Waals surface area contributed by atoms with Crippen LogP contribution in [0.1, 0.15) is 15.9 Å². The molecule has 2 amide bonds. The minimum Gasteiger partial charge on any atom is -0.465 e. The Morgan fingerprint density at radius 3 is 2.48 bits per heavy atom. The number of nitro benzene ring substituents is 1. The SMILES string of the molecule is COC(=O)c1ccccc1N1C(=O)C2ON=C(c3ccc([N+](=O)[O-])cc3)C2C1=O. The van der Waals surface area contributed by atoms with Gasteiger partial charge < -0.3 is 9.57 Å². The molecule has 29 heavy (non-hydrogen) atoms. The number of non-ortho nitro benzene ring substituents is 1. The van der Waals surface area contributed by atoms with Crippen LogP contribution in [0.25, 0.3) is 0 Å². The van der Waals surface area contributed by atoms with E-state index in [2.05, 4.69) is 5.16 Å². The van der Waals surface area contributed by atoms with E-state index in [9.17, 15) is 24.5 Å². The largest absolute Gasteiger partial charge is 0.465 e. The Kier molecular flexibility index (Phi) is 4.30. The van der Waals surface area contributed by atoms with Crippen molar-refractivity contribution in [3.05, 3.63) is 69.8 Å². The lowest BCUT2D eigenvalue weighted by atomic mass is 9.94. The van der Waals surface area contributed by atoms with Gasteiger partial charge in [0.25, 0.3) is 11.6 Å². The fourth-order valence-electron chi connectivity index (χ4n) is 3.36. The molecule has 1 saturated heterocycles. The van der Waals surface area contributed by atoms with Gasteiger partial charge in [0.05, 0.1) is 23.3 Å². The molecule has 0 bridgehead atoms. The Balaban J connectivity index is 1.70. The molecular formula is C19H13N3O7. The van der Waals surface area contributed by atoms with Crippen molar-refractivity contribution in [1.82, 2.24) is 0 Å². The van der Waals surface area contributed by atoms with Crippen LogP contribution in [-0.4, -0.2) is 41.6 Å². The average Bonchev–Trinajstić information content (AvgIpc) is 3.28. The molecule has 2 unspecified atom stereocenters. The summed E-state index contributed by atoms with van der Waals surface area (Å²) in [6.45, 7) is 0. The highest BCUT2D eigenvalue weighted by molar-refractivity contribution is 6.33. The maximum atomic E-state index is 13.1. The number of hydrogen-bond donors (Lipinski definition) is 0. The summed E-state index contributed by atoms with van der Waals surface area (Å²) in [5, 5.41) is 14.7. The Morgan fingerprint density at radius 1 is 1.14 bits per heavy atom. The van der Waals surface area contributed by atoms with Gasteiger partial charge in [-0.2, -0.15) is 0 Å². The van der Waals surface area contributed by atoms with Gasteiger partial charge in [-0.3, -0.25) is 19.7 Å². The van der Waals surface area contributed by atoms with Gasteiger partial charge in [-0.25, -0.2) is 9.69 Å². The molecule has 0 saturated carbocycles. The number of rotatable bonds is 4. The molecule has 2 aliphatic rings. The van der Waals surface area contributed by atoms with Gasteiger partial charge in [0, 0.05) is 17.7 Å². The van der Waals surface area contributed by atoms with Crippen molar-refractivity contribution in [3.8, 4) is 0 Å². The number of oxime groups is 1. The van der Waals surface area contributed by atoms with E-state index in [1.54, 1.807) is 12.1 Å². The van der Waals surface area contributed by atoms with Crippen LogP contribution in [0.15, 0.2) is 53.7 Å². The second kappa shape index (κ2) is 6.82. The number of carbonyl (C=O) groups is 3. The Labute approximate surface area is 163 Å². The molecule has 2 atom stereocenters. The number of fused-ring (bicyclic) bond motifs is 1. The predicted octanol–water partition coefficient (Wildman–Crippen LogP) is 1.67. The van der Waals surface area contributed by atoms with Gasteiger partial charge in [-0.05, 0) is 24.3 Å². The van der Waals surface area contributed by atoms with Crippen molar-refractivity contribution in [2.45, 2.75) is 6.10 Å². The van der Waals surface area contributed by atoms with Crippen molar-refractivity contribution in [2.75, 3.05) is 12.0 Å². The quantitative estimate of drug-likeness (QED) is 0.333. The number of amides is 2. The minimum absolute atomic E-state index is 0.0606. The van der Waals surface area contributed by atoms with E-state index in [1.165, 1.54) is 43.5 Å². The average molecular weight is 395 g/mol. The van der Waals surface area contributed by atoms with E-state index >= 15 is 0 Å². The van der Waals surface area contributed by atoms with Crippen molar-refractivity contribution < 1.29 is 28.9 Å². The van der Waals surface area contributed by atoms with Crippen molar-refractivity contribution in [1.29, 1.82) is 0 Å². The molecule has 0 aliphatic carbocycles. The van der Waals surface area contributed by atoms with E-state index in [0.717, 1.165) is 4.90 Å². The molecule has 2 aromatic carbocycles. The zero-order chi connectivity index (χ0) is 20.7. The molecule has 1 fully saturated rings. The van der Waals surface area contributed by atoms with Gasteiger partial charge in [0.15, 0.2) is 0 Å². The second-order valence-electron chi connectivity index (χ2n) is 6.30. The number of imide groups is 1. The first-order valence-corrected chi connectivity index (χ1v) is 8.47. The monoisotopic (exact) mass is 395 g/mol. The minimum atomic E-state index is -1.17. The number of benzene rings is 2. The highest BCUT2D eigenvalue weighted by atomic mass is 16.7. The summed E-state index contributed by atoms with van der Waals surface area (Å²) >= 11 is 0. The maximum Gasteiger partial charge on any atom is 0.339 e. The lowest BCUT2D eigenvalue weighted by molar-refractivity contribution is -0.384. The molecule has 146 valence electrons.